The van der Waals surface area contributed by atoms with Crippen LogP contribution in [0.2, 0.25) is 0 Å². The number of imidazole rings is 1. The highest BCUT2D eigenvalue weighted by Gasteiger charge is 2.25. The van der Waals surface area contributed by atoms with Crippen molar-refractivity contribution in [3.8, 4) is 17.0 Å². The number of nitrogens with one attached hydrogen (secondary N) is 2. The SMILES string of the molecule is O=C(CCCCCCOc1ccc(Nc2nc3c(-c4ccccc4)ncnc3n2C2CCCCO2)cc1)NOC1CCCCO1. The molecule has 2 fully saturated rings. The number of aromatic nitrogens is 4. The summed E-state index contributed by atoms with van der Waals surface area (Å²) >= 11 is 0. The Hall–Kier alpha value is -4.06. The van der Waals surface area contributed by atoms with E-state index in [1.165, 1.54) is 0 Å². The van der Waals surface area contributed by atoms with Gasteiger partial charge in [0.05, 0.1) is 6.61 Å². The van der Waals surface area contributed by atoms with Crippen LogP contribution in [0.1, 0.15) is 76.9 Å². The molecule has 6 rings (SSSR count). The van der Waals surface area contributed by atoms with Crippen molar-refractivity contribution in [3.63, 3.8) is 0 Å². The number of unbranched alkanes of at least 4 members (excludes halogenated alkanes) is 3. The molecule has 2 aromatic carbocycles. The van der Waals surface area contributed by atoms with Gasteiger partial charge in [0.2, 0.25) is 11.9 Å². The Morgan fingerprint density at radius 3 is 2.47 bits per heavy atom. The molecule has 2 aliphatic rings. The van der Waals surface area contributed by atoms with E-state index in [2.05, 4.69) is 25.3 Å². The smallest absolute Gasteiger partial charge is 0.243 e. The number of carbonyl (C=O) groups is 1. The molecule has 2 N–H and O–H groups in total. The second-order valence-corrected chi connectivity index (χ2v) is 11.5. The molecular formula is C34H42N6O5. The van der Waals surface area contributed by atoms with E-state index in [-0.39, 0.29) is 18.4 Å². The van der Waals surface area contributed by atoms with Crippen molar-refractivity contribution >= 4 is 28.7 Å². The van der Waals surface area contributed by atoms with E-state index >= 15 is 0 Å². The summed E-state index contributed by atoms with van der Waals surface area (Å²) in [6.45, 7) is 2.03. The van der Waals surface area contributed by atoms with E-state index in [0.29, 0.717) is 32.2 Å². The van der Waals surface area contributed by atoms with Crippen LogP contribution >= 0.6 is 0 Å². The van der Waals surface area contributed by atoms with Gasteiger partial charge in [-0.15, -0.1) is 0 Å². The van der Waals surface area contributed by atoms with Crippen molar-refractivity contribution in [1.82, 2.24) is 25.0 Å². The average molecular weight is 615 g/mol. The zero-order chi connectivity index (χ0) is 30.7. The quantitative estimate of drug-likeness (QED) is 0.116. The number of carbonyl (C=O) groups excluding carboxylic acids is 1. The first-order valence-electron chi connectivity index (χ1n) is 16.2. The molecule has 11 nitrogen and oxygen atoms in total. The molecule has 1 amide bonds. The van der Waals surface area contributed by atoms with Crippen LogP contribution in [0.15, 0.2) is 60.9 Å². The minimum Gasteiger partial charge on any atom is -0.494 e. The Bertz CT molecular complexity index is 1500. The number of ether oxygens (including phenoxy) is 3. The van der Waals surface area contributed by atoms with E-state index < -0.39 is 0 Å². The lowest BCUT2D eigenvalue weighted by atomic mass is 10.1. The second kappa shape index (κ2) is 15.8. The van der Waals surface area contributed by atoms with Gasteiger partial charge in [-0.05, 0) is 69.2 Å². The van der Waals surface area contributed by atoms with Gasteiger partial charge in [0.15, 0.2) is 11.9 Å². The lowest BCUT2D eigenvalue weighted by Gasteiger charge is -2.25. The fourth-order valence-electron chi connectivity index (χ4n) is 5.69. The first-order chi connectivity index (χ1) is 22.2. The van der Waals surface area contributed by atoms with Crippen molar-refractivity contribution in [2.24, 2.45) is 0 Å². The van der Waals surface area contributed by atoms with E-state index in [9.17, 15) is 4.79 Å². The second-order valence-electron chi connectivity index (χ2n) is 11.5. The van der Waals surface area contributed by atoms with Gasteiger partial charge >= 0.3 is 0 Å². The number of hydrogen-bond acceptors (Lipinski definition) is 9. The van der Waals surface area contributed by atoms with E-state index in [4.69, 9.17) is 24.0 Å². The van der Waals surface area contributed by atoms with Crippen LogP contribution in [0, 0.1) is 0 Å². The third kappa shape index (κ3) is 8.36. The number of nitrogens with zero attached hydrogens (tertiary/aromatic N) is 4. The van der Waals surface area contributed by atoms with Crippen LogP contribution in [0.4, 0.5) is 11.6 Å². The van der Waals surface area contributed by atoms with Gasteiger partial charge in [0, 0.05) is 37.3 Å². The molecule has 0 saturated carbocycles. The number of hydrogen-bond donors (Lipinski definition) is 2. The summed E-state index contributed by atoms with van der Waals surface area (Å²) in [5.74, 6) is 1.38. The highest BCUT2D eigenvalue weighted by atomic mass is 16.8. The fourth-order valence-corrected chi connectivity index (χ4v) is 5.69. The zero-order valence-electron chi connectivity index (χ0n) is 25.7. The number of fused-ring (bicyclic) bond motifs is 1. The molecule has 2 unspecified atom stereocenters. The maximum absolute atomic E-state index is 12.0. The molecule has 0 aliphatic carbocycles. The Kier molecular flexibility index (Phi) is 10.9. The van der Waals surface area contributed by atoms with Crippen LogP contribution in [-0.4, -0.2) is 51.5 Å². The van der Waals surface area contributed by atoms with Gasteiger partial charge < -0.3 is 19.5 Å². The van der Waals surface area contributed by atoms with Gasteiger partial charge in [-0.25, -0.2) is 25.3 Å². The average Bonchev–Trinajstić information content (AvgIpc) is 3.47. The van der Waals surface area contributed by atoms with Crippen LogP contribution in [0.25, 0.3) is 22.4 Å². The molecular weight excluding hydrogens is 572 g/mol. The maximum Gasteiger partial charge on any atom is 0.243 e. The Labute approximate surface area is 263 Å². The maximum atomic E-state index is 12.0. The fraction of sp³-hybridized carbons (Fsp3) is 0.471. The normalized spacial score (nSPS) is 18.5. The minimum atomic E-state index is -0.313. The Balaban J connectivity index is 0.997. The predicted octanol–water partition coefficient (Wildman–Crippen LogP) is 6.84. The predicted molar refractivity (Wildman–Crippen MR) is 171 cm³/mol. The summed E-state index contributed by atoms with van der Waals surface area (Å²) in [6, 6.07) is 18.0. The summed E-state index contributed by atoms with van der Waals surface area (Å²) < 4.78 is 19.7. The summed E-state index contributed by atoms with van der Waals surface area (Å²) in [7, 11) is 0. The van der Waals surface area contributed by atoms with Crippen LogP contribution in [-0.2, 0) is 19.1 Å². The molecule has 2 aliphatic heterocycles. The third-order valence-electron chi connectivity index (χ3n) is 8.09. The molecule has 2 saturated heterocycles. The standard InChI is InChI=1S/C34H42N6O5/c41-28(39-45-30-16-8-11-23-44-30)14-6-1-2-9-21-42-27-19-17-26(18-20-27)37-34-38-32-31(25-12-4-3-5-13-25)35-24-36-33(32)40(34)29-15-7-10-22-43-29/h3-5,12-13,17-20,24,29-30H,1-2,6-11,14-16,21-23H2,(H,37,38)(H,39,41). The number of benzene rings is 2. The topological polar surface area (TPSA) is 122 Å². The zero-order valence-corrected chi connectivity index (χ0v) is 25.7. The largest absolute Gasteiger partial charge is 0.494 e. The summed E-state index contributed by atoms with van der Waals surface area (Å²) in [5, 5.41) is 3.49. The molecule has 4 heterocycles. The van der Waals surface area contributed by atoms with Gasteiger partial charge in [0.25, 0.3) is 0 Å². The molecule has 0 bridgehead atoms. The third-order valence-corrected chi connectivity index (χ3v) is 8.09. The number of rotatable bonds is 14. The highest BCUT2D eigenvalue weighted by Crippen LogP contribution is 2.34. The van der Waals surface area contributed by atoms with Crippen molar-refractivity contribution < 1.29 is 23.8 Å². The molecule has 238 valence electrons. The van der Waals surface area contributed by atoms with Crippen LogP contribution < -0.4 is 15.5 Å². The minimum absolute atomic E-state index is 0.0967. The Morgan fingerprint density at radius 2 is 1.69 bits per heavy atom. The van der Waals surface area contributed by atoms with Crippen molar-refractivity contribution in [2.45, 2.75) is 83.1 Å². The monoisotopic (exact) mass is 614 g/mol. The molecule has 4 aromatic rings. The van der Waals surface area contributed by atoms with Crippen molar-refractivity contribution in [2.75, 3.05) is 25.1 Å². The van der Waals surface area contributed by atoms with E-state index in [1.54, 1.807) is 6.33 Å². The van der Waals surface area contributed by atoms with E-state index in [1.807, 2.05) is 54.6 Å². The molecule has 45 heavy (non-hydrogen) atoms. The summed E-state index contributed by atoms with van der Waals surface area (Å²) in [5.41, 5.74) is 6.69. The molecule has 0 spiro atoms. The first kappa shape index (κ1) is 30.9. The number of hydroxylamine groups is 1. The summed E-state index contributed by atoms with van der Waals surface area (Å²) in [4.78, 5) is 31.5. The lowest BCUT2D eigenvalue weighted by molar-refractivity contribution is -0.200. The molecule has 11 heteroatoms. The van der Waals surface area contributed by atoms with Crippen LogP contribution in [0.5, 0.6) is 5.75 Å². The summed E-state index contributed by atoms with van der Waals surface area (Å²) in [6.07, 6.45) is 11.3. The molecule has 2 atom stereocenters. The van der Waals surface area contributed by atoms with Gasteiger partial charge in [-0.3, -0.25) is 9.36 Å². The van der Waals surface area contributed by atoms with Gasteiger partial charge in [-0.1, -0.05) is 43.2 Å². The molecule has 2 aromatic heterocycles. The van der Waals surface area contributed by atoms with Crippen LogP contribution in [0.3, 0.4) is 0 Å². The number of anilines is 2. The number of amides is 1. The van der Waals surface area contributed by atoms with Crippen molar-refractivity contribution in [1.29, 1.82) is 0 Å². The van der Waals surface area contributed by atoms with Crippen molar-refractivity contribution in [3.05, 3.63) is 60.9 Å². The lowest BCUT2D eigenvalue weighted by Crippen LogP contribution is -2.32. The first-order valence-corrected chi connectivity index (χ1v) is 16.2. The Morgan fingerprint density at radius 1 is 0.889 bits per heavy atom. The highest BCUT2D eigenvalue weighted by molar-refractivity contribution is 5.89. The molecule has 0 radical (unpaired) electrons. The van der Waals surface area contributed by atoms with Gasteiger partial charge in [-0.2, -0.15) is 0 Å². The van der Waals surface area contributed by atoms with E-state index in [0.717, 1.165) is 98.1 Å². The van der Waals surface area contributed by atoms with Gasteiger partial charge in [0.1, 0.15) is 29.5 Å².